The Morgan fingerprint density at radius 1 is 1.19 bits per heavy atom. The second kappa shape index (κ2) is 6.34. The van der Waals surface area contributed by atoms with Crippen molar-refractivity contribution in [2.24, 2.45) is 0 Å². The van der Waals surface area contributed by atoms with Gasteiger partial charge in [-0.05, 0) is 24.3 Å². The number of benzene rings is 2. The van der Waals surface area contributed by atoms with Crippen molar-refractivity contribution in [3.8, 4) is 0 Å². The fourth-order valence-electron chi connectivity index (χ4n) is 1.60. The van der Waals surface area contributed by atoms with E-state index in [-0.39, 0.29) is 21.2 Å². The normalized spacial score (nSPS) is 10.4. The Morgan fingerprint density at radius 3 is 2.48 bits per heavy atom. The second-order valence-corrected chi connectivity index (χ2v) is 5.79. The first-order chi connectivity index (χ1) is 9.90. The highest BCUT2D eigenvalue weighted by molar-refractivity contribution is 7.99. The summed E-state index contributed by atoms with van der Waals surface area (Å²) in [6.45, 7) is 0. The Morgan fingerprint density at radius 2 is 1.90 bits per heavy atom. The molecule has 8 heteroatoms. The number of nitro groups is 1. The van der Waals surface area contributed by atoms with Crippen LogP contribution in [-0.4, -0.2) is 16.0 Å². The fourth-order valence-corrected chi connectivity index (χ4v) is 3.03. The zero-order chi connectivity index (χ0) is 15.6. The summed E-state index contributed by atoms with van der Waals surface area (Å²) in [7, 11) is 0. The van der Waals surface area contributed by atoms with Gasteiger partial charge in [-0.25, -0.2) is 4.79 Å². The molecule has 0 aliphatic heterocycles. The first-order valence-corrected chi connectivity index (χ1v) is 7.11. The highest BCUT2D eigenvalue weighted by Crippen LogP contribution is 2.39. The zero-order valence-electron chi connectivity index (χ0n) is 10.2. The van der Waals surface area contributed by atoms with E-state index in [0.717, 1.165) is 11.8 Å². The Kier molecular flexibility index (Phi) is 4.72. The van der Waals surface area contributed by atoms with E-state index >= 15 is 0 Å². The van der Waals surface area contributed by atoms with E-state index in [1.807, 2.05) is 0 Å². The van der Waals surface area contributed by atoms with Gasteiger partial charge in [0.2, 0.25) is 0 Å². The molecule has 2 aromatic carbocycles. The van der Waals surface area contributed by atoms with Crippen LogP contribution >= 0.6 is 35.0 Å². The Bertz CT molecular complexity index is 704. The van der Waals surface area contributed by atoms with Crippen LogP contribution in [0.2, 0.25) is 10.0 Å². The second-order valence-electron chi connectivity index (χ2n) is 3.89. The van der Waals surface area contributed by atoms with Crippen LogP contribution in [0.25, 0.3) is 0 Å². The minimum atomic E-state index is -1.23. The number of carboxylic acids is 1. The summed E-state index contributed by atoms with van der Waals surface area (Å²) in [5, 5.41) is 20.9. The first kappa shape index (κ1) is 15.6. The monoisotopic (exact) mass is 343 g/mol. The third kappa shape index (κ3) is 3.47. The highest BCUT2D eigenvalue weighted by Gasteiger charge is 2.22. The van der Waals surface area contributed by atoms with Gasteiger partial charge >= 0.3 is 5.97 Å². The van der Waals surface area contributed by atoms with Gasteiger partial charge in [0, 0.05) is 11.0 Å². The molecule has 0 aromatic heterocycles. The SMILES string of the molecule is O=C(O)c1cccc([N+](=O)[O-])c1Sc1ccc(Cl)c(Cl)c1. The van der Waals surface area contributed by atoms with Crippen molar-refractivity contribution in [1.29, 1.82) is 0 Å². The number of hydrogen-bond donors (Lipinski definition) is 1. The maximum absolute atomic E-state index is 11.2. The maximum Gasteiger partial charge on any atom is 0.337 e. The number of nitrogens with zero attached hydrogens (tertiary/aromatic N) is 1. The molecule has 0 bridgehead atoms. The molecule has 21 heavy (non-hydrogen) atoms. The van der Waals surface area contributed by atoms with Gasteiger partial charge in [0.05, 0.1) is 20.5 Å². The molecule has 2 aromatic rings. The summed E-state index contributed by atoms with van der Waals surface area (Å²) in [5.41, 5.74) is -0.411. The van der Waals surface area contributed by atoms with Crippen molar-refractivity contribution in [3.05, 3.63) is 62.1 Å². The van der Waals surface area contributed by atoms with E-state index in [0.29, 0.717) is 9.92 Å². The van der Waals surface area contributed by atoms with Crippen molar-refractivity contribution in [2.75, 3.05) is 0 Å². The Hall–Kier alpha value is -1.76. The molecule has 0 fully saturated rings. The molecule has 0 radical (unpaired) electrons. The lowest BCUT2D eigenvalue weighted by Crippen LogP contribution is -2.02. The molecule has 0 aliphatic rings. The smallest absolute Gasteiger partial charge is 0.337 e. The molecule has 0 unspecified atom stereocenters. The van der Waals surface area contributed by atoms with Crippen LogP contribution in [0.5, 0.6) is 0 Å². The maximum atomic E-state index is 11.2. The number of halogens is 2. The minimum Gasteiger partial charge on any atom is -0.478 e. The third-order valence-corrected chi connectivity index (χ3v) is 4.39. The average molecular weight is 344 g/mol. The number of carbonyl (C=O) groups is 1. The largest absolute Gasteiger partial charge is 0.478 e. The summed E-state index contributed by atoms with van der Waals surface area (Å²) in [5.74, 6) is -1.23. The first-order valence-electron chi connectivity index (χ1n) is 5.53. The van der Waals surface area contributed by atoms with Crippen molar-refractivity contribution in [2.45, 2.75) is 9.79 Å². The van der Waals surface area contributed by atoms with E-state index in [1.54, 1.807) is 12.1 Å². The fraction of sp³-hybridized carbons (Fsp3) is 0. The standard InChI is InChI=1S/C13H7Cl2NO4S/c14-9-5-4-7(6-10(9)15)21-12-8(13(17)18)2-1-3-11(12)16(19)20/h1-6H,(H,17,18). The minimum absolute atomic E-state index is 0.0494. The molecule has 0 heterocycles. The molecular weight excluding hydrogens is 337 g/mol. The average Bonchev–Trinajstić information content (AvgIpc) is 2.42. The van der Waals surface area contributed by atoms with Crippen molar-refractivity contribution in [3.63, 3.8) is 0 Å². The van der Waals surface area contributed by atoms with Crippen LogP contribution in [0.3, 0.4) is 0 Å². The van der Waals surface area contributed by atoms with E-state index in [9.17, 15) is 14.9 Å². The number of aromatic carboxylic acids is 1. The molecule has 108 valence electrons. The van der Waals surface area contributed by atoms with E-state index in [1.165, 1.54) is 24.3 Å². The third-order valence-electron chi connectivity index (χ3n) is 2.53. The van der Waals surface area contributed by atoms with Gasteiger partial charge in [-0.2, -0.15) is 0 Å². The van der Waals surface area contributed by atoms with Gasteiger partial charge in [0.15, 0.2) is 0 Å². The molecule has 5 nitrogen and oxygen atoms in total. The van der Waals surface area contributed by atoms with Crippen LogP contribution in [0.15, 0.2) is 46.2 Å². The molecule has 0 saturated carbocycles. The summed E-state index contributed by atoms with van der Waals surface area (Å²) in [6.07, 6.45) is 0. The van der Waals surface area contributed by atoms with E-state index in [2.05, 4.69) is 0 Å². The van der Waals surface area contributed by atoms with E-state index in [4.69, 9.17) is 28.3 Å². The molecule has 1 N–H and O–H groups in total. The van der Waals surface area contributed by atoms with E-state index < -0.39 is 10.9 Å². The zero-order valence-corrected chi connectivity index (χ0v) is 12.6. The lowest BCUT2D eigenvalue weighted by atomic mass is 10.2. The topological polar surface area (TPSA) is 80.4 Å². The van der Waals surface area contributed by atoms with Crippen LogP contribution < -0.4 is 0 Å². The van der Waals surface area contributed by atoms with Crippen molar-refractivity contribution in [1.82, 2.24) is 0 Å². The van der Waals surface area contributed by atoms with Crippen LogP contribution in [-0.2, 0) is 0 Å². The molecule has 0 aliphatic carbocycles. The Balaban J connectivity index is 2.53. The quantitative estimate of drug-likeness (QED) is 0.639. The van der Waals surface area contributed by atoms with Gasteiger partial charge < -0.3 is 5.11 Å². The lowest BCUT2D eigenvalue weighted by molar-refractivity contribution is -0.387. The Labute approximate surface area is 133 Å². The molecule has 0 atom stereocenters. The van der Waals surface area contributed by atoms with Crippen LogP contribution in [0.1, 0.15) is 10.4 Å². The van der Waals surface area contributed by atoms with Gasteiger partial charge in [-0.15, -0.1) is 0 Å². The van der Waals surface area contributed by atoms with Gasteiger partial charge in [0.25, 0.3) is 5.69 Å². The summed E-state index contributed by atoms with van der Waals surface area (Å²) in [4.78, 5) is 22.3. The van der Waals surface area contributed by atoms with Gasteiger partial charge in [0.1, 0.15) is 4.90 Å². The van der Waals surface area contributed by atoms with Crippen LogP contribution in [0, 0.1) is 10.1 Å². The number of nitro benzene ring substituents is 1. The molecular formula is C13H7Cl2NO4S. The predicted molar refractivity (Wildman–Crippen MR) is 80.6 cm³/mol. The lowest BCUT2D eigenvalue weighted by Gasteiger charge is -2.07. The summed E-state index contributed by atoms with van der Waals surface area (Å²) in [6, 6.07) is 8.58. The summed E-state index contributed by atoms with van der Waals surface area (Å²) < 4.78 is 0. The van der Waals surface area contributed by atoms with Gasteiger partial charge in [-0.1, -0.05) is 41.0 Å². The van der Waals surface area contributed by atoms with Crippen molar-refractivity contribution < 1.29 is 14.8 Å². The molecule has 2 rings (SSSR count). The highest BCUT2D eigenvalue weighted by atomic mass is 35.5. The van der Waals surface area contributed by atoms with Crippen LogP contribution in [0.4, 0.5) is 5.69 Å². The summed E-state index contributed by atoms with van der Waals surface area (Å²) >= 11 is 12.6. The van der Waals surface area contributed by atoms with Gasteiger partial charge in [-0.3, -0.25) is 10.1 Å². The predicted octanol–water partition coefficient (Wildman–Crippen LogP) is 4.75. The molecule has 0 amide bonds. The number of hydrogen-bond acceptors (Lipinski definition) is 4. The number of carboxylic acid groups (broad SMARTS) is 1. The molecule has 0 spiro atoms. The van der Waals surface area contributed by atoms with Crippen molar-refractivity contribution >= 4 is 46.6 Å². The number of rotatable bonds is 4. The molecule has 0 saturated heterocycles.